The Morgan fingerprint density at radius 3 is 2.59 bits per heavy atom. The van der Waals surface area contributed by atoms with Gasteiger partial charge >= 0.3 is 0 Å². The number of amides is 1. The third-order valence-corrected chi connectivity index (χ3v) is 2.28. The van der Waals surface area contributed by atoms with Gasteiger partial charge in [0.15, 0.2) is 0 Å². The van der Waals surface area contributed by atoms with E-state index in [1.807, 2.05) is 0 Å². The van der Waals surface area contributed by atoms with Gasteiger partial charge in [0, 0.05) is 12.6 Å². The van der Waals surface area contributed by atoms with Gasteiger partial charge in [-0.25, -0.2) is 4.39 Å². The van der Waals surface area contributed by atoms with Gasteiger partial charge in [-0.2, -0.15) is 0 Å². The molecule has 0 aliphatic rings. The van der Waals surface area contributed by atoms with E-state index in [0.29, 0.717) is 11.3 Å². The van der Waals surface area contributed by atoms with Crippen LogP contribution in [-0.2, 0) is 0 Å². The summed E-state index contributed by atoms with van der Waals surface area (Å²) in [6, 6.07) is 9.15. The number of halogens is 1. The van der Waals surface area contributed by atoms with E-state index in [2.05, 4.69) is 4.98 Å². The van der Waals surface area contributed by atoms with Crippen LogP contribution in [0.2, 0.25) is 0 Å². The maximum Gasteiger partial charge on any atom is 0.250 e. The van der Waals surface area contributed by atoms with Gasteiger partial charge in [0.05, 0.1) is 11.3 Å². The molecule has 17 heavy (non-hydrogen) atoms. The summed E-state index contributed by atoms with van der Waals surface area (Å²) < 4.78 is 12.7. The van der Waals surface area contributed by atoms with Gasteiger partial charge in [0.1, 0.15) is 5.82 Å². The monoisotopic (exact) mass is 229 g/mol. The largest absolute Gasteiger partial charge is 0.366 e. The molecular formula is C13H10FN2O. The average molecular weight is 229 g/mol. The van der Waals surface area contributed by atoms with Crippen molar-refractivity contribution in [3.05, 3.63) is 71.7 Å². The predicted molar refractivity (Wildman–Crippen MR) is 61.7 cm³/mol. The molecule has 0 aliphatic carbocycles. The smallest absolute Gasteiger partial charge is 0.250 e. The second-order valence-electron chi connectivity index (χ2n) is 3.50. The minimum Gasteiger partial charge on any atom is -0.366 e. The van der Waals surface area contributed by atoms with Crippen LogP contribution in [-0.4, -0.2) is 10.9 Å². The highest BCUT2D eigenvalue weighted by atomic mass is 19.1. The average Bonchev–Trinajstić information content (AvgIpc) is 2.32. The minimum atomic E-state index is -0.536. The summed E-state index contributed by atoms with van der Waals surface area (Å²) in [5.74, 6) is -0.843. The van der Waals surface area contributed by atoms with Crippen molar-refractivity contribution in [1.29, 1.82) is 0 Å². The zero-order valence-electron chi connectivity index (χ0n) is 8.93. The number of benzene rings is 1. The molecular weight excluding hydrogens is 219 g/mol. The van der Waals surface area contributed by atoms with Gasteiger partial charge in [-0.1, -0.05) is 12.1 Å². The fourth-order valence-corrected chi connectivity index (χ4v) is 1.46. The van der Waals surface area contributed by atoms with Crippen molar-refractivity contribution in [1.82, 2.24) is 4.98 Å². The highest BCUT2D eigenvalue weighted by molar-refractivity contribution is 5.94. The highest BCUT2D eigenvalue weighted by Crippen LogP contribution is 2.14. The first-order valence-electron chi connectivity index (χ1n) is 5.02. The third-order valence-electron chi connectivity index (χ3n) is 2.28. The first kappa shape index (κ1) is 11.3. The number of nitrogens with zero attached hydrogens (tertiary/aromatic N) is 1. The number of pyridine rings is 1. The maximum atomic E-state index is 12.7. The van der Waals surface area contributed by atoms with Crippen LogP contribution in [0.1, 0.15) is 21.6 Å². The molecule has 1 aromatic carbocycles. The van der Waals surface area contributed by atoms with Crippen LogP contribution >= 0.6 is 0 Å². The van der Waals surface area contributed by atoms with Crippen LogP contribution in [0, 0.1) is 12.2 Å². The molecule has 0 saturated heterocycles. The zero-order valence-corrected chi connectivity index (χ0v) is 8.93. The quantitative estimate of drug-likeness (QED) is 0.874. The fraction of sp³-hybridized carbons (Fsp3) is 0. The molecule has 1 radical (unpaired) electrons. The Morgan fingerprint density at radius 1 is 1.24 bits per heavy atom. The van der Waals surface area contributed by atoms with E-state index in [1.165, 1.54) is 12.1 Å². The predicted octanol–water partition coefficient (Wildman–Crippen LogP) is 1.92. The van der Waals surface area contributed by atoms with Crippen molar-refractivity contribution in [2.75, 3.05) is 0 Å². The summed E-state index contributed by atoms with van der Waals surface area (Å²) in [7, 11) is 0. The van der Waals surface area contributed by atoms with Crippen LogP contribution in [0.3, 0.4) is 0 Å². The Balaban J connectivity index is 2.30. The van der Waals surface area contributed by atoms with Crippen LogP contribution in [0.4, 0.5) is 4.39 Å². The van der Waals surface area contributed by atoms with E-state index < -0.39 is 5.91 Å². The van der Waals surface area contributed by atoms with Gasteiger partial charge in [-0.15, -0.1) is 0 Å². The standard InChI is InChI=1S/C13H10FN2O/c14-10-5-3-9(4-6-10)8-12-11(13(15)17)2-1-7-16-12/h1-8H,(H2,15,17). The summed E-state index contributed by atoms with van der Waals surface area (Å²) >= 11 is 0. The molecule has 3 nitrogen and oxygen atoms in total. The van der Waals surface area contributed by atoms with E-state index in [-0.39, 0.29) is 5.82 Å². The first-order valence-corrected chi connectivity index (χ1v) is 5.02. The van der Waals surface area contributed by atoms with Gasteiger partial charge in [-0.3, -0.25) is 9.78 Å². The molecule has 2 aromatic rings. The van der Waals surface area contributed by atoms with E-state index >= 15 is 0 Å². The first-order chi connectivity index (χ1) is 8.16. The van der Waals surface area contributed by atoms with Crippen molar-refractivity contribution in [2.45, 2.75) is 0 Å². The Bertz CT molecular complexity index is 537. The Labute approximate surface area is 98.1 Å². The number of carbonyl (C=O) groups excluding carboxylic acids is 1. The van der Waals surface area contributed by atoms with E-state index in [9.17, 15) is 9.18 Å². The number of carbonyl (C=O) groups is 1. The van der Waals surface area contributed by atoms with Gasteiger partial charge < -0.3 is 5.73 Å². The number of hydrogen-bond donors (Lipinski definition) is 1. The Morgan fingerprint density at radius 2 is 1.94 bits per heavy atom. The molecule has 0 unspecified atom stereocenters. The Hall–Kier alpha value is -2.23. The third kappa shape index (κ3) is 2.66. The van der Waals surface area contributed by atoms with Crippen LogP contribution in [0.15, 0.2) is 42.6 Å². The van der Waals surface area contributed by atoms with E-state index in [4.69, 9.17) is 5.73 Å². The van der Waals surface area contributed by atoms with Crippen molar-refractivity contribution < 1.29 is 9.18 Å². The minimum absolute atomic E-state index is 0.307. The summed E-state index contributed by atoms with van der Waals surface area (Å²) in [5, 5.41) is 0. The molecule has 1 amide bonds. The molecule has 0 aliphatic heterocycles. The second-order valence-corrected chi connectivity index (χ2v) is 3.50. The van der Waals surface area contributed by atoms with Crippen molar-refractivity contribution >= 4 is 5.91 Å². The van der Waals surface area contributed by atoms with Crippen LogP contribution in [0.5, 0.6) is 0 Å². The lowest BCUT2D eigenvalue weighted by Gasteiger charge is -2.04. The maximum absolute atomic E-state index is 12.7. The number of primary amides is 1. The molecule has 4 heteroatoms. The summed E-state index contributed by atoms with van der Waals surface area (Å²) in [6.07, 6.45) is 3.25. The Kier molecular flexibility index (Phi) is 3.14. The molecule has 0 saturated carbocycles. The topological polar surface area (TPSA) is 56.0 Å². The van der Waals surface area contributed by atoms with E-state index in [0.717, 1.165) is 5.56 Å². The molecule has 0 spiro atoms. The van der Waals surface area contributed by atoms with Gasteiger partial charge in [0.2, 0.25) is 0 Å². The van der Waals surface area contributed by atoms with Crippen molar-refractivity contribution in [2.24, 2.45) is 5.73 Å². The van der Waals surface area contributed by atoms with Crippen LogP contribution < -0.4 is 5.73 Å². The molecule has 85 valence electrons. The molecule has 1 heterocycles. The lowest BCUT2D eigenvalue weighted by Crippen LogP contribution is -2.14. The van der Waals surface area contributed by atoms with Gasteiger partial charge in [0.25, 0.3) is 5.91 Å². The molecule has 1 aromatic heterocycles. The summed E-state index contributed by atoms with van der Waals surface area (Å²) in [5.41, 5.74) is 6.81. The van der Waals surface area contributed by atoms with Crippen molar-refractivity contribution in [3.8, 4) is 0 Å². The zero-order chi connectivity index (χ0) is 12.3. The van der Waals surface area contributed by atoms with Gasteiger partial charge in [-0.05, 0) is 29.8 Å². The highest BCUT2D eigenvalue weighted by Gasteiger charge is 2.09. The number of aromatic nitrogens is 1. The number of nitrogens with two attached hydrogens (primary N) is 1. The van der Waals surface area contributed by atoms with Crippen LogP contribution in [0.25, 0.3) is 0 Å². The fourth-order valence-electron chi connectivity index (χ4n) is 1.46. The normalized spacial score (nSPS) is 10.2. The SMILES string of the molecule is NC(=O)c1cccnc1[CH]c1ccc(F)cc1. The molecule has 0 fully saturated rings. The molecule has 0 bridgehead atoms. The number of hydrogen-bond acceptors (Lipinski definition) is 2. The number of rotatable bonds is 3. The second kappa shape index (κ2) is 4.74. The molecule has 2 rings (SSSR count). The van der Waals surface area contributed by atoms with Crippen molar-refractivity contribution in [3.63, 3.8) is 0 Å². The molecule has 2 N–H and O–H groups in total. The summed E-state index contributed by atoms with van der Waals surface area (Å²) in [6.45, 7) is 0. The lowest BCUT2D eigenvalue weighted by molar-refractivity contribution is 0.0999. The summed E-state index contributed by atoms with van der Waals surface area (Å²) in [4.78, 5) is 15.2. The van der Waals surface area contributed by atoms with E-state index in [1.54, 1.807) is 36.9 Å². The molecule has 0 atom stereocenters. The lowest BCUT2D eigenvalue weighted by atomic mass is 10.0.